The Labute approximate surface area is 192 Å². The molecule has 1 N–H and O–H groups in total. The number of nitrogens with zero attached hydrogens (tertiary/aromatic N) is 5. The molecule has 8 nitrogen and oxygen atoms in total. The molecule has 32 heavy (non-hydrogen) atoms. The highest BCUT2D eigenvalue weighted by Gasteiger charge is 2.22. The van der Waals surface area contributed by atoms with Gasteiger partial charge < -0.3 is 10.2 Å². The summed E-state index contributed by atoms with van der Waals surface area (Å²) in [5.41, 5.74) is 2.94. The molecule has 1 unspecified atom stereocenters. The second-order valence-electron chi connectivity index (χ2n) is 7.91. The third-order valence-electron chi connectivity index (χ3n) is 4.87. The SMILES string of the molecule is CC(NC(=O)CSc1nnc(-c2cccnc2)n1-c1ccccc1C(C)C)C(=O)N(C)C. The molecule has 2 amide bonds. The van der Waals surface area contributed by atoms with Crippen molar-refractivity contribution in [3.8, 4) is 17.1 Å². The topological polar surface area (TPSA) is 93.0 Å². The molecule has 168 valence electrons. The van der Waals surface area contributed by atoms with Crippen LogP contribution < -0.4 is 5.32 Å². The summed E-state index contributed by atoms with van der Waals surface area (Å²) in [6.45, 7) is 5.94. The van der Waals surface area contributed by atoms with Gasteiger partial charge in [-0.1, -0.05) is 43.8 Å². The van der Waals surface area contributed by atoms with E-state index in [1.165, 1.54) is 16.7 Å². The van der Waals surface area contributed by atoms with E-state index in [2.05, 4.69) is 40.4 Å². The van der Waals surface area contributed by atoms with Crippen LogP contribution in [0.3, 0.4) is 0 Å². The highest BCUT2D eigenvalue weighted by molar-refractivity contribution is 7.99. The number of hydrogen-bond acceptors (Lipinski definition) is 6. The van der Waals surface area contributed by atoms with Crippen LogP contribution in [0.25, 0.3) is 17.1 Å². The molecule has 0 saturated heterocycles. The van der Waals surface area contributed by atoms with Crippen molar-refractivity contribution in [2.75, 3.05) is 19.8 Å². The van der Waals surface area contributed by atoms with Crippen molar-refractivity contribution in [1.29, 1.82) is 0 Å². The van der Waals surface area contributed by atoms with Gasteiger partial charge in [0.15, 0.2) is 11.0 Å². The maximum Gasteiger partial charge on any atom is 0.244 e. The monoisotopic (exact) mass is 452 g/mol. The Kier molecular flexibility index (Phi) is 7.63. The van der Waals surface area contributed by atoms with E-state index in [4.69, 9.17) is 0 Å². The first-order chi connectivity index (χ1) is 15.3. The second-order valence-corrected chi connectivity index (χ2v) is 8.85. The summed E-state index contributed by atoms with van der Waals surface area (Å²) < 4.78 is 1.97. The van der Waals surface area contributed by atoms with Crippen molar-refractivity contribution in [3.05, 3.63) is 54.4 Å². The quantitative estimate of drug-likeness (QED) is 0.528. The molecule has 1 aromatic carbocycles. The number of aromatic nitrogens is 4. The van der Waals surface area contributed by atoms with Crippen LogP contribution in [0.2, 0.25) is 0 Å². The van der Waals surface area contributed by atoms with Crippen LogP contribution in [0, 0.1) is 0 Å². The number of pyridine rings is 1. The van der Waals surface area contributed by atoms with Gasteiger partial charge in [-0.05, 0) is 36.6 Å². The fourth-order valence-electron chi connectivity index (χ4n) is 3.30. The Morgan fingerprint density at radius 3 is 2.50 bits per heavy atom. The number of carbonyl (C=O) groups excluding carboxylic acids is 2. The zero-order valence-corrected chi connectivity index (χ0v) is 19.8. The summed E-state index contributed by atoms with van der Waals surface area (Å²) in [4.78, 5) is 30.2. The molecule has 2 aromatic heterocycles. The molecule has 3 aromatic rings. The third kappa shape index (κ3) is 5.34. The molecule has 0 fully saturated rings. The molecule has 0 saturated carbocycles. The van der Waals surface area contributed by atoms with E-state index in [0.717, 1.165) is 16.8 Å². The Morgan fingerprint density at radius 2 is 1.84 bits per heavy atom. The number of benzene rings is 1. The molecule has 0 aliphatic carbocycles. The predicted octanol–water partition coefficient (Wildman–Crippen LogP) is 3.14. The van der Waals surface area contributed by atoms with E-state index >= 15 is 0 Å². The standard InChI is InChI=1S/C23H28N6O2S/c1-15(2)18-10-6-7-11-19(18)29-21(17-9-8-12-24-13-17)26-27-23(29)32-14-20(30)25-16(3)22(31)28(4)5/h6-13,15-16H,14H2,1-5H3,(H,25,30). The lowest BCUT2D eigenvalue weighted by atomic mass is 10.0. The number of amides is 2. The first kappa shape index (κ1) is 23.5. The molecule has 1 atom stereocenters. The number of thioether (sulfide) groups is 1. The molecule has 3 rings (SSSR count). The lowest BCUT2D eigenvalue weighted by Crippen LogP contribution is -2.44. The average Bonchev–Trinajstić information content (AvgIpc) is 3.21. The van der Waals surface area contributed by atoms with Gasteiger partial charge in [0, 0.05) is 32.1 Å². The van der Waals surface area contributed by atoms with Crippen LogP contribution in [0.1, 0.15) is 32.3 Å². The van der Waals surface area contributed by atoms with Gasteiger partial charge in [0.25, 0.3) is 0 Å². The van der Waals surface area contributed by atoms with Crippen molar-refractivity contribution in [2.45, 2.75) is 37.9 Å². The van der Waals surface area contributed by atoms with Crippen molar-refractivity contribution in [1.82, 2.24) is 30.0 Å². The van der Waals surface area contributed by atoms with Gasteiger partial charge in [-0.3, -0.25) is 19.1 Å². The number of rotatable bonds is 8. The number of likely N-dealkylation sites (N-methyl/N-ethyl adjacent to an activating group) is 1. The van der Waals surface area contributed by atoms with Gasteiger partial charge in [0.05, 0.1) is 11.4 Å². The Morgan fingerprint density at radius 1 is 1.09 bits per heavy atom. The third-order valence-corrected chi connectivity index (χ3v) is 5.80. The van der Waals surface area contributed by atoms with Gasteiger partial charge in [-0.25, -0.2) is 0 Å². The zero-order chi connectivity index (χ0) is 23.3. The minimum atomic E-state index is -0.594. The molecule has 0 spiro atoms. The highest BCUT2D eigenvalue weighted by Crippen LogP contribution is 2.31. The van der Waals surface area contributed by atoms with Gasteiger partial charge in [0.1, 0.15) is 6.04 Å². The van der Waals surface area contributed by atoms with E-state index < -0.39 is 6.04 Å². The van der Waals surface area contributed by atoms with Crippen molar-refractivity contribution in [3.63, 3.8) is 0 Å². The molecule has 0 bridgehead atoms. The lowest BCUT2D eigenvalue weighted by molar-refractivity contribution is -0.133. The van der Waals surface area contributed by atoms with E-state index in [1.54, 1.807) is 33.4 Å². The summed E-state index contributed by atoms with van der Waals surface area (Å²) in [6, 6.07) is 11.3. The molecule has 9 heteroatoms. The Bertz CT molecular complexity index is 1080. The van der Waals surface area contributed by atoms with Crippen LogP contribution in [0.5, 0.6) is 0 Å². The van der Waals surface area contributed by atoms with Gasteiger partial charge in [0.2, 0.25) is 11.8 Å². The summed E-state index contributed by atoms with van der Waals surface area (Å²) in [6.07, 6.45) is 3.46. The first-order valence-electron chi connectivity index (χ1n) is 10.4. The maximum absolute atomic E-state index is 12.5. The molecular formula is C23H28N6O2S. The van der Waals surface area contributed by atoms with Crippen molar-refractivity contribution in [2.24, 2.45) is 0 Å². The fourth-order valence-corrected chi connectivity index (χ4v) is 4.06. The zero-order valence-electron chi connectivity index (χ0n) is 18.9. The first-order valence-corrected chi connectivity index (χ1v) is 11.4. The summed E-state index contributed by atoms with van der Waals surface area (Å²) >= 11 is 1.28. The molecule has 0 aliphatic rings. The van der Waals surface area contributed by atoms with Crippen molar-refractivity contribution < 1.29 is 9.59 Å². The number of hydrogen-bond donors (Lipinski definition) is 1. The number of carbonyl (C=O) groups is 2. The normalized spacial score (nSPS) is 11.9. The largest absolute Gasteiger partial charge is 0.347 e. The average molecular weight is 453 g/mol. The molecule has 0 aliphatic heterocycles. The molecular weight excluding hydrogens is 424 g/mol. The van der Waals surface area contributed by atoms with Gasteiger partial charge in [-0.2, -0.15) is 0 Å². The van der Waals surface area contributed by atoms with Crippen LogP contribution in [0.4, 0.5) is 0 Å². The van der Waals surface area contributed by atoms with E-state index in [-0.39, 0.29) is 23.5 Å². The molecule has 0 radical (unpaired) electrons. The van der Waals surface area contributed by atoms with Crippen LogP contribution in [-0.4, -0.2) is 62.4 Å². The summed E-state index contributed by atoms with van der Waals surface area (Å²) in [7, 11) is 3.32. The predicted molar refractivity (Wildman–Crippen MR) is 126 cm³/mol. The van der Waals surface area contributed by atoms with Gasteiger partial charge in [-0.15, -0.1) is 10.2 Å². The minimum Gasteiger partial charge on any atom is -0.347 e. The van der Waals surface area contributed by atoms with Crippen LogP contribution in [-0.2, 0) is 9.59 Å². The lowest BCUT2D eigenvalue weighted by Gasteiger charge is -2.18. The molecule has 2 heterocycles. The van der Waals surface area contributed by atoms with Crippen LogP contribution in [0.15, 0.2) is 53.9 Å². The Hall–Kier alpha value is -3.20. The van der Waals surface area contributed by atoms with Crippen molar-refractivity contribution >= 4 is 23.6 Å². The smallest absolute Gasteiger partial charge is 0.244 e. The fraction of sp³-hybridized carbons (Fsp3) is 0.348. The summed E-state index contributed by atoms with van der Waals surface area (Å²) in [5, 5.41) is 12.1. The van der Waals surface area contributed by atoms with E-state index in [0.29, 0.717) is 11.0 Å². The number of para-hydroxylation sites is 1. The highest BCUT2D eigenvalue weighted by atomic mass is 32.2. The van der Waals surface area contributed by atoms with E-state index in [1.807, 2.05) is 34.9 Å². The minimum absolute atomic E-state index is 0.111. The summed E-state index contributed by atoms with van der Waals surface area (Å²) in [5.74, 6) is 0.656. The Balaban J connectivity index is 1.92. The number of nitrogens with one attached hydrogen (secondary N) is 1. The second kappa shape index (κ2) is 10.4. The van der Waals surface area contributed by atoms with E-state index in [9.17, 15) is 9.59 Å². The van der Waals surface area contributed by atoms with Gasteiger partial charge >= 0.3 is 0 Å². The maximum atomic E-state index is 12.5. The van der Waals surface area contributed by atoms with Crippen LogP contribution >= 0.6 is 11.8 Å².